The summed E-state index contributed by atoms with van der Waals surface area (Å²) >= 11 is 0. The van der Waals surface area contributed by atoms with Gasteiger partial charge in [-0.2, -0.15) is 0 Å². The zero-order valence-electron chi connectivity index (χ0n) is 19.0. The van der Waals surface area contributed by atoms with E-state index in [4.69, 9.17) is 0 Å². The van der Waals surface area contributed by atoms with Crippen molar-refractivity contribution in [2.45, 2.75) is 34.6 Å². The van der Waals surface area contributed by atoms with Gasteiger partial charge >= 0.3 is 0 Å². The third kappa shape index (κ3) is 3.27. The first-order valence-electron chi connectivity index (χ1n) is 11.1. The van der Waals surface area contributed by atoms with E-state index in [-0.39, 0.29) is 6.71 Å². The maximum atomic E-state index is 2.43. The second-order valence-corrected chi connectivity index (χ2v) is 9.04. The molecule has 152 valence electrons. The molecule has 1 heterocycles. The van der Waals surface area contributed by atoms with Gasteiger partial charge in [-0.15, -0.1) is 0 Å². The zero-order valence-corrected chi connectivity index (χ0v) is 19.0. The molecule has 0 aromatic heterocycles. The van der Waals surface area contributed by atoms with Gasteiger partial charge in [0.1, 0.15) is 0 Å². The van der Waals surface area contributed by atoms with Gasteiger partial charge in [0.25, 0.3) is 0 Å². The Balaban J connectivity index is 1.87. The highest BCUT2D eigenvalue weighted by atomic mass is 15.1. The number of anilines is 3. The van der Waals surface area contributed by atoms with Crippen LogP contribution in [0.5, 0.6) is 0 Å². The Morgan fingerprint density at radius 1 is 0.548 bits per heavy atom. The Hall–Kier alpha value is -3.26. The monoisotopic (exact) mass is 401 g/mol. The van der Waals surface area contributed by atoms with Crippen molar-refractivity contribution in [1.82, 2.24) is 0 Å². The van der Waals surface area contributed by atoms with Crippen LogP contribution in [-0.4, -0.2) is 6.71 Å². The fourth-order valence-corrected chi connectivity index (χ4v) is 5.33. The summed E-state index contributed by atoms with van der Waals surface area (Å²) in [5, 5.41) is 0. The van der Waals surface area contributed by atoms with E-state index in [1.165, 1.54) is 61.3 Å². The van der Waals surface area contributed by atoms with E-state index >= 15 is 0 Å². The molecule has 1 aliphatic heterocycles. The number of rotatable bonds is 2. The van der Waals surface area contributed by atoms with Crippen molar-refractivity contribution in [3.63, 3.8) is 0 Å². The Kier molecular flexibility index (Phi) is 4.74. The minimum atomic E-state index is 0.227. The van der Waals surface area contributed by atoms with Crippen LogP contribution in [0.15, 0.2) is 78.9 Å². The average molecular weight is 401 g/mol. The molecule has 5 rings (SSSR count). The van der Waals surface area contributed by atoms with Gasteiger partial charge in [0, 0.05) is 17.1 Å². The Labute approximate surface area is 186 Å². The maximum absolute atomic E-state index is 2.43. The Bertz CT molecular complexity index is 1210. The molecule has 0 atom stereocenters. The molecular formula is C29H28BN. The van der Waals surface area contributed by atoms with Gasteiger partial charge < -0.3 is 4.90 Å². The molecule has 0 saturated carbocycles. The van der Waals surface area contributed by atoms with Crippen LogP contribution in [-0.2, 0) is 0 Å². The molecule has 0 amide bonds. The second kappa shape index (κ2) is 7.46. The van der Waals surface area contributed by atoms with Crippen molar-refractivity contribution < 1.29 is 0 Å². The highest BCUT2D eigenvalue weighted by molar-refractivity contribution is 6.98. The average Bonchev–Trinajstić information content (AvgIpc) is 2.73. The molecule has 4 aromatic rings. The van der Waals surface area contributed by atoms with Crippen LogP contribution in [0.2, 0.25) is 0 Å². The van der Waals surface area contributed by atoms with Crippen molar-refractivity contribution in [2.24, 2.45) is 0 Å². The van der Waals surface area contributed by atoms with E-state index in [9.17, 15) is 0 Å². The molecule has 0 aliphatic carbocycles. The maximum Gasteiger partial charge on any atom is 0.247 e. The molecule has 0 N–H and O–H groups in total. The topological polar surface area (TPSA) is 3.24 Å². The number of para-hydroxylation sites is 1. The van der Waals surface area contributed by atoms with Crippen LogP contribution in [0.25, 0.3) is 0 Å². The van der Waals surface area contributed by atoms with E-state index < -0.39 is 0 Å². The van der Waals surface area contributed by atoms with Crippen molar-refractivity contribution in [1.29, 1.82) is 0 Å². The molecule has 1 aliphatic rings. The highest BCUT2D eigenvalue weighted by Gasteiger charge is 2.36. The zero-order chi connectivity index (χ0) is 21.7. The standard InChI is InChI=1S/C29H28BN/c1-19-11-13-27-25(17-19)30(29-22(4)15-21(3)16-23(29)5)26-18-20(2)12-14-28(26)31(27)24-9-7-6-8-10-24/h6-18H,1-5H3. The summed E-state index contributed by atoms with van der Waals surface area (Å²) < 4.78 is 0. The lowest BCUT2D eigenvalue weighted by molar-refractivity contribution is 1.28. The molecule has 0 saturated heterocycles. The number of fused-ring (bicyclic) bond motifs is 2. The summed E-state index contributed by atoms with van der Waals surface area (Å²) in [6.45, 7) is 11.4. The van der Waals surface area contributed by atoms with E-state index in [1.54, 1.807) is 0 Å². The summed E-state index contributed by atoms with van der Waals surface area (Å²) in [6.07, 6.45) is 0. The first kappa shape index (κ1) is 19.7. The lowest BCUT2D eigenvalue weighted by Crippen LogP contribution is -2.58. The quantitative estimate of drug-likeness (QED) is 0.352. The van der Waals surface area contributed by atoms with Gasteiger partial charge in [-0.05, 0) is 69.8 Å². The molecule has 0 unspecified atom stereocenters. The summed E-state index contributed by atoms with van der Waals surface area (Å²) in [6, 6.07) is 29.2. The third-order valence-corrected chi connectivity index (χ3v) is 6.51. The third-order valence-electron chi connectivity index (χ3n) is 6.51. The van der Waals surface area contributed by atoms with Crippen molar-refractivity contribution in [2.75, 3.05) is 4.90 Å². The van der Waals surface area contributed by atoms with Crippen molar-refractivity contribution in [3.05, 3.63) is 107 Å². The van der Waals surface area contributed by atoms with Crippen LogP contribution in [0.4, 0.5) is 17.1 Å². The lowest BCUT2D eigenvalue weighted by Gasteiger charge is -2.38. The molecule has 0 spiro atoms. The Morgan fingerprint density at radius 2 is 1.06 bits per heavy atom. The molecule has 0 radical (unpaired) electrons. The summed E-state index contributed by atoms with van der Waals surface area (Å²) in [5.41, 5.74) is 14.6. The minimum absolute atomic E-state index is 0.227. The fraction of sp³-hybridized carbons (Fsp3) is 0.172. The van der Waals surface area contributed by atoms with Crippen LogP contribution in [0.1, 0.15) is 27.8 Å². The van der Waals surface area contributed by atoms with E-state index in [0.29, 0.717) is 0 Å². The molecule has 4 aromatic carbocycles. The predicted octanol–water partition coefficient (Wildman–Crippen LogP) is 5.53. The number of hydrogen-bond acceptors (Lipinski definition) is 1. The summed E-state index contributed by atoms with van der Waals surface area (Å²) in [7, 11) is 0. The Morgan fingerprint density at radius 3 is 1.58 bits per heavy atom. The van der Waals surface area contributed by atoms with Gasteiger partial charge in [-0.25, -0.2) is 0 Å². The van der Waals surface area contributed by atoms with Gasteiger partial charge in [-0.1, -0.05) is 87.9 Å². The van der Waals surface area contributed by atoms with Crippen molar-refractivity contribution >= 4 is 40.2 Å². The molecule has 2 heteroatoms. The number of hydrogen-bond donors (Lipinski definition) is 0. The van der Waals surface area contributed by atoms with E-state index in [1.807, 2.05) is 0 Å². The largest absolute Gasteiger partial charge is 0.312 e. The van der Waals surface area contributed by atoms with Crippen LogP contribution in [0, 0.1) is 34.6 Å². The molecule has 1 nitrogen and oxygen atoms in total. The lowest BCUT2D eigenvalue weighted by atomic mass is 9.33. The van der Waals surface area contributed by atoms with Gasteiger partial charge in [-0.3, -0.25) is 0 Å². The van der Waals surface area contributed by atoms with E-state index in [0.717, 1.165) is 0 Å². The van der Waals surface area contributed by atoms with Gasteiger partial charge in [0.2, 0.25) is 6.71 Å². The SMILES string of the molecule is Cc1cc(C)c(B2c3cc(C)ccc3N(c3ccccc3)c3ccc(C)cc32)c(C)c1. The van der Waals surface area contributed by atoms with Crippen LogP contribution >= 0.6 is 0 Å². The van der Waals surface area contributed by atoms with Gasteiger partial charge in [0.15, 0.2) is 0 Å². The number of nitrogens with zero attached hydrogens (tertiary/aromatic N) is 1. The molecule has 0 bridgehead atoms. The predicted molar refractivity (Wildman–Crippen MR) is 136 cm³/mol. The smallest absolute Gasteiger partial charge is 0.247 e. The first-order valence-corrected chi connectivity index (χ1v) is 11.1. The van der Waals surface area contributed by atoms with Gasteiger partial charge in [0.05, 0.1) is 0 Å². The number of benzene rings is 4. The summed E-state index contributed by atoms with van der Waals surface area (Å²) in [4.78, 5) is 2.43. The molecule has 0 fully saturated rings. The highest BCUT2D eigenvalue weighted by Crippen LogP contribution is 2.36. The van der Waals surface area contributed by atoms with Crippen LogP contribution in [0.3, 0.4) is 0 Å². The molecule has 31 heavy (non-hydrogen) atoms. The minimum Gasteiger partial charge on any atom is -0.312 e. The first-order chi connectivity index (χ1) is 14.9. The second-order valence-electron chi connectivity index (χ2n) is 9.04. The van der Waals surface area contributed by atoms with Crippen molar-refractivity contribution in [3.8, 4) is 0 Å². The van der Waals surface area contributed by atoms with Crippen LogP contribution < -0.4 is 21.3 Å². The normalized spacial score (nSPS) is 12.5. The number of aryl methyl sites for hydroxylation is 5. The fourth-order valence-electron chi connectivity index (χ4n) is 5.33. The van der Waals surface area contributed by atoms with E-state index in [2.05, 4.69) is 118 Å². The summed E-state index contributed by atoms with van der Waals surface area (Å²) in [5.74, 6) is 0. The molecular weight excluding hydrogens is 373 g/mol.